The summed E-state index contributed by atoms with van der Waals surface area (Å²) < 4.78 is 5.38. The Morgan fingerprint density at radius 3 is 2.13 bits per heavy atom. The molecule has 1 heterocycles. The smallest absolute Gasteiger partial charge is 0.410 e. The van der Waals surface area contributed by atoms with E-state index in [0.29, 0.717) is 31.5 Å². The highest BCUT2D eigenvalue weighted by atomic mass is 16.6. The molecule has 1 saturated heterocycles. The SMILES string of the molecule is CC(C)(C)OC(=O)N1CCC(=C(C(N)=O)c2ccccc2)CC1. The Balaban J connectivity index is 2.12. The number of carbonyl (C=O) groups excluding carboxylic acids is 2. The average molecular weight is 316 g/mol. The van der Waals surface area contributed by atoms with E-state index in [2.05, 4.69) is 0 Å². The lowest BCUT2D eigenvalue weighted by molar-refractivity contribution is -0.112. The zero-order valence-corrected chi connectivity index (χ0v) is 14.0. The number of primary amides is 1. The molecule has 5 nitrogen and oxygen atoms in total. The molecule has 1 aliphatic heterocycles. The average Bonchev–Trinajstić information content (AvgIpc) is 2.47. The summed E-state index contributed by atoms with van der Waals surface area (Å²) in [6, 6.07) is 9.43. The number of carbonyl (C=O) groups is 2. The van der Waals surface area contributed by atoms with Crippen LogP contribution < -0.4 is 5.73 Å². The Morgan fingerprint density at radius 2 is 1.65 bits per heavy atom. The minimum Gasteiger partial charge on any atom is -0.444 e. The van der Waals surface area contributed by atoms with E-state index in [1.807, 2.05) is 51.1 Å². The lowest BCUT2D eigenvalue weighted by Gasteiger charge is -2.31. The van der Waals surface area contributed by atoms with Crippen molar-refractivity contribution >= 4 is 17.6 Å². The van der Waals surface area contributed by atoms with Crippen LogP contribution in [-0.2, 0) is 9.53 Å². The van der Waals surface area contributed by atoms with Crippen LogP contribution in [0.2, 0.25) is 0 Å². The molecule has 0 aromatic heterocycles. The zero-order valence-electron chi connectivity index (χ0n) is 14.0. The summed E-state index contributed by atoms with van der Waals surface area (Å²) in [7, 11) is 0. The van der Waals surface area contributed by atoms with E-state index in [9.17, 15) is 9.59 Å². The molecule has 1 fully saturated rings. The quantitative estimate of drug-likeness (QED) is 0.853. The van der Waals surface area contributed by atoms with Crippen LogP contribution in [0, 0.1) is 0 Å². The Morgan fingerprint density at radius 1 is 1.09 bits per heavy atom. The molecule has 2 N–H and O–H groups in total. The fraction of sp³-hybridized carbons (Fsp3) is 0.444. The molecule has 0 radical (unpaired) electrons. The maximum absolute atomic E-state index is 12.1. The van der Waals surface area contributed by atoms with Gasteiger partial charge in [0.05, 0.1) is 0 Å². The van der Waals surface area contributed by atoms with Gasteiger partial charge in [0.2, 0.25) is 5.91 Å². The fourth-order valence-electron chi connectivity index (χ4n) is 2.66. The van der Waals surface area contributed by atoms with Crippen molar-refractivity contribution in [1.29, 1.82) is 0 Å². The highest BCUT2D eigenvalue weighted by Crippen LogP contribution is 2.27. The topological polar surface area (TPSA) is 72.6 Å². The molecule has 0 saturated carbocycles. The first-order valence-corrected chi connectivity index (χ1v) is 7.83. The Labute approximate surface area is 137 Å². The number of likely N-dealkylation sites (tertiary alicyclic amines) is 1. The highest BCUT2D eigenvalue weighted by Gasteiger charge is 2.26. The number of nitrogens with two attached hydrogens (primary N) is 1. The number of piperidine rings is 1. The fourth-order valence-corrected chi connectivity index (χ4v) is 2.66. The Kier molecular flexibility index (Phi) is 5.08. The van der Waals surface area contributed by atoms with Gasteiger partial charge >= 0.3 is 6.09 Å². The van der Waals surface area contributed by atoms with Crippen LogP contribution >= 0.6 is 0 Å². The first-order valence-electron chi connectivity index (χ1n) is 7.83. The highest BCUT2D eigenvalue weighted by molar-refractivity contribution is 6.19. The van der Waals surface area contributed by atoms with Crippen LogP contribution in [0.3, 0.4) is 0 Å². The minimum absolute atomic E-state index is 0.308. The van der Waals surface area contributed by atoms with E-state index in [4.69, 9.17) is 10.5 Å². The molecule has 1 aliphatic rings. The van der Waals surface area contributed by atoms with Gasteiger partial charge in [-0.1, -0.05) is 35.9 Å². The Hall–Kier alpha value is -2.30. The van der Waals surface area contributed by atoms with Crippen molar-refractivity contribution < 1.29 is 14.3 Å². The third-order valence-electron chi connectivity index (χ3n) is 3.68. The van der Waals surface area contributed by atoms with E-state index < -0.39 is 11.5 Å². The molecule has 0 spiro atoms. The van der Waals surface area contributed by atoms with E-state index in [-0.39, 0.29) is 6.09 Å². The van der Waals surface area contributed by atoms with Crippen LogP contribution in [0.15, 0.2) is 35.9 Å². The third-order valence-corrected chi connectivity index (χ3v) is 3.68. The predicted molar refractivity (Wildman–Crippen MR) is 89.6 cm³/mol. The van der Waals surface area contributed by atoms with Crippen molar-refractivity contribution in [3.8, 4) is 0 Å². The Bertz CT molecular complexity index is 605. The summed E-state index contributed by atoms with van der Waals surface area (Å²) >= 11 is 0. The number of benzene rings is 1. The lowest BCUT2D eigenvalue weighted by Crippen LogP contribution is -2.40. The number of nitrogens with zero attached hydrogens (tertiary/aromatic N) is 1. The molecule has 2 rings (SSSR count). The van der Waals surface area contributed by atoms with Gasteiger partial charge in [-0.15, -0.1) is 0 Å². The molecule has 0 bridgehead atoms. The monoisotopic (exact) mass is 316 g/mol. The van der Waals surface area contributed by atoms with Crippen LogP contribution in [0.4, 0.5) is 4.79 Å². The van der Waals surface area contributed by atoms with Gasteiger partial charge in [0, 0.05) is 18.7 Å². The number of ether oxygens (including phenoxy) is 1. The minimum atomic E-state index is -0.504. The van der Waals surface area contributed by atoms with Crippen LogP contribution in [0.5, 0.6) is 0 Å². The maximum Gasteiger partial charge on any atom is 0.410 e. The van der Waals surface area contributed by atoms with Crippen molar-refractivity contribution in [3.05, 3.63) is 41.5 Å². The zero-order chi connectivity index (χ0) is 17.0. The molecule has 1 aromatic rings. The molecule has 2 amide bonds. The van der Waals surface area contributed by atoms with E-state index in [1.165, 1.54) is 0 Å². The second-order valence-electron chi connectivity index (χ2n) is 6.68. The largest absolute Gasteiger partial charge is 0.444 e. The standard InChI is InChI=1S/C18H24N2O3/c1-18(2,3)23-17(22)20-11-9-14(10-12-20)15(16(19)21)13-7-5-4-6-8-13/h4-8H,9-12H2,1-3H3,(H2,19,21). The van der Waals surface area contributed by atoms with E-state index in [0.717, 1.165) is 11.1 Å². The molecule has 0 unspecified atom stereocenters. The number of hydrogen-bond donors (Lipinski definition) is 1. The predicted octanol–water partition coefficient (Wildman–Crippen LogP) is 2.96. The molecule has 124 valence electrons. The van der Waals surface area contributed by atoms with Crippen LogP contribution in [-0.4, -0.2) is 35.6 Å². The van der Waals surface area contributed by atoms with Gasteiger partial charge in [-0.05, 0) is 39.2 Å². The normalized spacial score (nSPS) is 15.3. The molecule has 5 heteroatoms. The van der Waals surface area contributed by atoms with Crippen molar-refractivity contribution in [3.63, 3.8) is 0 Å². The van der Waals surface area contributed by atoms with Crippen LogP contribution in [0.25, 0.3) is 5.57 Å². The van der Waals surface area contributed by atoms with Gasteiger partial charge in [0.15, 0.2) is 0 Å². The number of hydrogen-bond acceptors (Lipinski definition) is 3. The van der Waals surface area contributed by atoms with Gasteiger partial charge in [-0.3, -0.25) is 4.79 Å². The van der Waals surface area contributed by atoms with E-state index in [1.54, 1.807) is 4.90 Å². The summed E-state index contributed by atoms with van der Waals surface area (Å²) in [5.74, 6) is -0.420. The maximum atomic E-state index is 12.1. The molecule has 23 heavy (non-hydrogen) atoms. The van der Waals surface area contributed by atoms with Crippen molar-refractivity contribution in [2.45, 2.75) is 39.2 Å². The van der Waals surface area contributed by atoms with Gasteiger partial charge in [0.25, 0.3) is 0 Å². The summed E-state index contributed by atoms with van der Waals surface area (Å²) in [4.78, 5) is 25.6. The van der Waals surface area contributed by atoms with Gasteiger partial charge in [-0.2, -0.15) is 0 Å². The molecular formula is C18H24N2O3. The second-order valence-corrected chi connectivity index (χ2v) is 6.68. The van der Waals surface area contributed by atoms with Gasteiger partial charge < -0.3 is 15.4 Å². The summed E-state index contributed by atoms with van der Waals surface area (Å²) in [6.45, 7) is 6.62. The molecule has 1 aromatic carbocycles. The second kappa shape index (κ2) is 6.86. The van der Waals surface area contributed by atoms with Crippen LogP contribution in [0.1, 0.15) is 39.2 Å². The molecule has 0 atom stereocenters. The number of amides is 2. The number of rotatable bonds is 2. The van der Waals surface area contributed by atoms with Crippen molar-refractivity contribution in [1.82, 2.24) is 4.90 Å². The van der Waals surface area contributed by atoms with Crippen molar-refractivity contribution in [2.75, 3.05) is 13.1 Å². The third kappa shape index (κ3) is 4.58. The summed E-state index contributed by atoms with van der Waals surface area (Å²) in [5.41, 5.74) is 7.49. The van der Waals surface area contributed by atoms with Crippen molar-refractivity contribution in [2.24, 2.45) is 5.73 Å². The van der Waals surface area contributed by atoms with Gasteiger partial charge in [0.1, 0.15) is 5.60 Å². The first kappa shape index (κ1) is 17.1. The van der Waals surface area contributed by atoms with Gasteiger partial charge in [-0.25, -0.2) is 4.79 Å². The summed E-state index contributed by atoms with van der Waals surface area (Å²) in [6.07, 6.45) is 0.954. The van der Waals surface area contributed by atoms with E-state index >= 15 is 0 Å². The molecular weight excluding hydrogens is 292 g/mol. The summed E-state index contributed by atoms with van der Waals surface area (Å²) in [5, 5.41) is 0. The lowest BCUT2D eigenvalue weighted by atomic mass is 9.93. The first-order chi connectivity index (χ1) is 10.8. The molecule has 0 aliphatic carbocycles.